The summed E-state index contributed by atoms with van der Waals surface area (Å²) >= 11 is 1.04. The van der Waals surface area contributed by atoms with E-state index in [-0.39, 0.29) is 35.7 Å². The lowest BCUT2D eigenvalue weighted by molar-refractivity contribution is -0.130. The Bertz CT molecular complexity index is 981. The van der Waals surface area contributed by atoms with E-state index in [4.69, 9.17) is 8.94 Å². The van der Waals surface area contributed by atoms with Crippen LogP contribution >= 0.6 is 11.8 Å². The van der Waals surface area contributed by atoms with Crippen molar-refractivity contribution in [3.63, 3.8) is 0 Å². The summed E-state index contributed by atoms with van der Waals surface area (Å²) in [4.78, 5) is 41.2. The van der Waals surface area contributed by atoms with Crippen LogP contribution in [0.25, 0.3) is 0 Å². The number of nitrogens with zero attached hydrogens (tertiary/aromatic N) is 5. The van der Waals surface area contributed by atoms with Gasteiger partial charge < -0.3 is 14.3 Å². The highest BCUT2D eigenvalue weighted by Gasteiger charge is 2.36. The van der Waals surface area contributed by atoms with Crippen LogP contribution in [0.15, 0.2) is 37.9 Å². The zero-order chi connectivity index (χ0) is 21.0. The lowest BCUT2D eigenvalue weighted by atomic mass is 9.97. The zero-order valence-corrected chi connectivity index (χ0v) is 16.6. The molecule has 2 aromatic heterocycles. The Morgan fingerprint density at radius 1 is 1.38 bits per heavy atom. The molecule has 0 bridgehead atoms. The molecule has 11 nitrogen and oxygen atoms in total. The second kappa shape index (κ2) is 8.82. The lowest BCUT2D eigenvalue weighted by Gasteiger charge is -2.27. The molecule has 0 saturated heterocycles. The van der Waals surface area contributed by atoms with Gasteiger partial charge in [0.2, 0.25) is 17.7 Å². The average molecular weight is 418 g/mol. The molecule has 152 valence electrons. The smallest absolute Gasteiger partial charge is 0.350 e. The van der Waals surface area contributed by atoms with Gasteiger partial charge in [0.1, 0.15) is 5.76 Å². The van der Waals surface area contributed by atoms with Gasteiger partial charge in [0.15, 0.2) is 5.82 Å². The van der Waals surface area contributed by atoms with Crippen LogP contribution in [0.1, 0.15) is 18.6 Å². The number of carbonyl (C=O) groups is 3. The van der Waals surface area contributed by atoms with Crippen LogP contribution in [0, 0.1) is 12.8 Å². The Morgan fingerprint density at radius 2 is 2.17 bits per heavy atom. The van der Waals surface area contributed by atoms with Gasteiger partial charge in [-0.15, -0.1) is 16.8 Å². The van der Waals surface area contributed by atoms with E-state index in [1.807, 2.05) is 0 Å². The van der Waals surface area contributed by atoms with Gasteiger partial charge in [-0.05, 0) is 13.8 Å². The molecule has 0 saturated carbocycles. The number of aliphatic imine (C=N–C) groups is 1. The molecule has 4 amide bonds. The molecule has 0 aromatic carbocycles. The molecule has 1 atom stereocenters. The topological polar surface area (TPSA) is 144 Å². The molecular weight excluding hydrogens is 400 g/mol. The Morgan fingerprint density at radius 3 is 2.86 bits per heavy atom. The molecule has 3 rings (SSSR count). The number of amides is 4. The summed E-state index contributed by atoms with van der Waals surface area (Å²) in [6, 6.07) is 0.984. The molecule has 2 aromatic rings. The lowest BCUT2D eigenvalue weighted by Crippen LogP contribution is -2.46. The van der Waals surface area contributed by atoms with Crippen LogP contribution in [-0.4, -0.2) is 56.1 Å². The third-order valence-electron chi connectivity index (χ3n) is 3.93. The highest BCUT2D eigenvalue weighted by Crippen LogP contribution is 2.22. The van der Waals surface area contributed by atoms with Gasteiger partial charge in [0.25, 0.3) is 5.22 Å². The monoisotopic (exact) mass is 418 g/mol. The van der Waals surface area contributed by atoms with Gasteiger partial charge in [-0.2, -0.15) is 0 Å². The fourth-order valence-electron chi connectivity index (χ4n) is 2.57. The van der Waals surface area contributed by atoms with Gasteiger partial charge >= 0.3 is 6.03 Å². The number of aryl methyl sites for hydroxylation is 1. The van der Waals surface area contributed by atoms with Crippen molar-refractivity contribution < 1.29 is 23.3 Å². The van der Waals surface area contributed by atoms with E-state index >= 15 is 0 Å². The normalized spacial score (nSPS) is 16.7. The number of nitrogens with one attached hydrogen (secondary N) is 1. The van der Waals surface area contributed by atoms with Crippen LogP contribution < -0.4 is 5.32 Å². The Balaban J connectivity index is 1.57. The van der Waals surface area contributed by atoms with E-state index in [2.05, 4.69) is 32.2 Å². The van der Waals surface area contributed by atoms with Crippen molar-refractivity contribution in [3.05, 3.63) is 30.4 Å². The predicted molar refractivity (Wildman–Crippen MR) is 103 cm³/mol. The van der Waals surface area contributed by atoms with Crippen molar-refractivity contribution in [2.75, 3.05) is 17.6 Å². The van der Waals surface area contributed by atoms with E-state index in [0.29, 0.717) is 17.3 Å². The van der Waals surface area contributed by atoms with Crippen molar-refractivity contribution in [1.29, 1.82) is 0 Å². The number of hydrogen-bond acceptors (Lipinski definition) is 9. The molecule has 0 radical (unpaired) electrons. The fourth-order valence-corrected chi connectivity index (χ4v) is 3.15. The van der Waals surface area contributed by atoms with Gasteiger partial charge in [-0.25, -0.2) is 9.79 Å². The quantitative estimate of drug-likeness (QED) is 0.501. The number of rotatable bonds is 8. The molecule has 1 unspecified atom stereocenters. The van der Waals surface area contributed by atoms with Crippen molar-refractivity contribution in [2.24, 2.45) is 10.9 Å². The highest BCUT2D eigenvalue weighted by molar-refractivity contribution is 7.99. The van der Waals surface area contributed by atoms with Crippen molar-refractivity contribution in [2.45, 2.75) is 25.5 Å². The molecular formula is C17H18N6O5S. The summed E-state index contributed by atoms with van der Waals surface area (Å²) in [6.45, 7) is 6.94. The van der Waals surface area contributed by atoms with Crippen LogP contribution in [0.4, 0.5) is 10.6 Å². The maximum atomic E-state index is 12.6. The van der Waals surface area contributed by atoms with E-state index < -0.39 is 17.9 Å². The molecule has 0 aliphatic carbocycles. The number of aromatic nitrogens is 3. The first kappa shape index (κ1) is 20.5. The minimum absolute atomic E-state index is 0.0258. The summed E-state index contributed by atoms with van der Waals surface area (Å²) in [6.07, 6.45) is 1.56. The number of anilines is 1. The standard InChI is InChI=1S/C17H18N6O5S/c1-4-5-23-15(25)11(10(3)18-16(23)26)7-14-20-21-17(27-14)29-8-13(24)19-12-6-9(2)28-22-12/h4,6,11H,1,5,7-8H2,2-3H3,(H,19,22,24). The van der Waals surface area contributed by atoms with E-state index in [1.165, 1.54) is 6.08 Å². The first-order chi connectivity index (χ1) is 13.9. The minimum Gasteiger partial charge on any atom is -0.416 e. The second-order valence-corrected chi connectivity index (χ2v) is 7.08. The van der Waals surface area contributed by atoms with E-state index in [0.717, 1.165) is 16.7 Å². The van der Waals surface area contributed by atoms with Crippen LogP contribution in [-0.2, 0) is 16.0 Å². The number of thioether (sulfide) groups is 1. The maximum Gasteiger partial charge on any atom is 0.350 e. The SMILES string of the molecule is C=CCN1C(=O)N=C(C)C(Cc2nnc(SCC(=O)Nc3cc(C)on3)o2)C1=O. The van der Waals surface area contributed by atoms with E-state index in [1.54, 1.807) is 19.9 Å². The molecule has 1 aliphatic rings. The average Bonchev–Trinajstić information content (AvgIpc) is 3.29. The zero-order valence-electron chi connectivity index (χ0n) is 15.7. The van der Waals surface area contributed by atoms with Crippen molar-refractivity contribution >= 4 is 41.1 Å². The van der Waals surface area contributed by atoms with Crippen molar-refractivity contribution in [1.82, 2.24) is 20.3 Å². The summed E-state index contributed by atoms with van der Waals surface area (Å²) in [5.74, 6) is -0.241. The molecule has 1 aliphatic heterocycles. The largest absolute Gasteiger partial charge is 0.416 e. The molecule has 0 spiro atoms. The second-order valence-electron chi connectivity index (χ2n) is 6.15. The van der Waals surface area contributed by atoms with E-state index in [9.17, 15) is 14.4 Å². The third-order valence-corrected chi connectivity index (χ3v) is 4.75. The Kier molecular flexibility index (Phi) is 6.22. The summed E-state index contributed by atoms with van der Waals surface area (Å²) < 4.78 is 10.4. The first-order valence-electron chi connectivity index (χ1n) is 8.57. The number of carbonyl (C=O) groups excluding carboxylic acids is 3. The number of urea groups is 1. The van der Waals surface area contributed by atoms with Gasteiger partial charge in [0, 0.05) is 24.7 Å². The van der Waals surface area contributed by atoms with Crippen LogP contribution in [0.5, 0.6) is 0 Å². The first-order valence-corrected chi connectivity index (χ1v) is 9.55. The minimum atomic E-state index is -0.676. The van der Waals surface area contributed by atoms with Gasteiger partial charge in [-0.3, -0.25) is 14.5 Å². The number of hydrogen-bond donors (Lipinski definition) is 1. The highest BCUT2D eigenvalue weighted by atomic mass is 32.2. The Hall–Kier alpha value is -3.28. The van der Waals surface area contributed by atoms with Gasteiger partial charge in [0.05, 0.1) is 11.7 Å². The van der Waals surface area contributed by atoms with Crippen LogP contribution in [0.2, 0.25) is 0 Å². The summed E-state index contributed by atoms with van der Waals surface area (Å²) in [5, 5.41) is 14.2. The summed E-state index contributed by atoms with van der Waals surface area (Å²) in [5.41, 5.74) is 0.384. The van der Waals surface area contributed by atoms with Crippen molar-refractivity contribution in [3.8, 4) is 0 Å². The molecule has 3 heterocycles. The number of imide groups is 1. The molecule has 1 N–H and O–H groups in total. The molecule has 12 heteroatoms. The molecule has 0 fully saturated rings. The summed E-state index contributed by atoms with van der Waals surface area (Å²) in [7, 11) is 0. The van der Waals surface area contributed by atoms with Crippen LogP contribution in [0.3, 0.4) is 0 Å². The molecule has 29 heavy (non-hydrogen) atoms. The van der Waals surface area contributed by atoms with Gasteiger partial charge in [-0.1, -0.05) is 23.0 Å². The fraction of sp³-hybridized carbons (Fsp3) is 0.353. The maximum absolute atomic E-state index is 12.6. The third kappa shape index (κ3) is 4.96. The Labute approximate surface area is 169 Å². The predicted octanol–water partition coefficient (Wildman–Crippen LogP) is 1.86.